The molecule has 0 atom stereocenters. The van der Waals surface area contributed by atoms with Gasteiger partial charge in [-0.15, -0.1) is 5.10 Å². The van der Waals surface area contributed by atoms with Crippen LogP contribution in [0.1, 0.15) is 16.8 Å². The molecular formula is C14H13N3O3. The smallest absolute Gasteiger partial charge is 0.336 e. The van der Waals surface area contributed by atoms with Crippen molar-refractivity contribution in [2.45, 2.75) is 20.1 Å². The molecule has 1 aromatic carbocycles. The number of fused-ring (bicyclic) bond motifs is 1. The second-order valence-corrected chi connectivity index (χ2v) is 4.66. The van der Waals surface area contributed by atoms with Crippen molar-refractivity contribution in [3.8, 4) is 0 Å². The lowest BCUT2D eigenvalue weighted by Gasteiger charge is -2.05. The van der Waals surface area contributed by atoms with E-state index >= 15 is 0 Å². The molecule has 0 unspecified atom stereocenters. The topological polar surface area (TPSA) is 81.1 Å². The zero-order chi connectivity index (χ0) is 14.1. The molecule has 1 N–H and O–H groups in total. The van der Waals surface area contributed by atoms with Gasteiger partial charge in [-0.25, -0.2) is 9.48 Å². The molecule has 0 aliphatic rings. The van der Waals surface area contributed by atoms with Gasteiger partial charge in [-0.05, 0) is 24.1 Å². The van der Waals surface area contributed by atoms with Gasteiger partial charge in [0.2, 0.25) is 0 Å². The van der Waals surface area contributed by atoms with Gasteiger partial charge in [0, 0.05) is 11.5 Å². The molecule has 0 bridgehead atoms. The zero-order valence-electron chi connectivity index (χ0n) is 10.9. The summed E-state index contributed by atoms with van der Waals surface area (Å²) in [6, 6.07) is 7.18. The van der Waals surface area contributed by atoms with Crippen LogP contribution in [0.2, 0.25) is 0 Å². The molecule has 0 radical (unpaired) electrons. The number of aliphatic hydroxyl groups is 1. The van der Waals surface area contributed by atoms with E-state index in [1.165, 1.54) is 6.07 Å². The van der Waals surface area contributed by atoms with Crippen LogP contribution in [0, 0.1) is 6.92 Å². The largest absolute Gasteiger partial charge is 0.423 e. The summed E-state index contributed by atoms with van der Waals surface area (Å²) in [5, 5.41) is 17.6. The van der Waals surface area contributed by atoms with E-state index in [1.807, 2.05) is 25.1 Å². The van der Waals surface area contributed by atoms with Gasteiger partial charge >= 0.3 is 5.63 Å². The predicted octanol–water partition coefficient (Wildman–Crippen LogP) is 1.23. The van der Waals surface area contributed by atoms with Gasteiger partial charge in [-0.1, -0.05) is 17.3 Å². The van der Waals surface area contributed by atoms with Crippen LogP contribution in [0.15, 0.2) is 39.7 Å². The number of hydrogen-bond donors (Lipinski definition) is 1. The number of aryl methyl sites for hydroxylation is 1. The van der Waals surface area contributed by atoms with Crippen LogP contribution >= 0.6 is 0 Å². The number of benzene rings is 1. The van der Waals surface area contributed by atoms with Crippen molar-refractivity contribution < 1.29 is 9.52 Å². The number of rotatable bonds is 3. The fourth-order valence-electron chi connectivity index (χ4n) is 2.13. The zero-order valence-corrected chi connectivity index (χ0v) is 10.9. The minimum absolute atomic E-state index is 0.156. The van der Waals surface area contributed by atoms with Gasteiger partial charge in [0.05, 0.1) is 19.3 Å². The van der Waals surface area contributed by atoms with E-state index < -0.39 is 0 Å². The fraction of sp³-hybridized carbons (Fsp3) is 0.214. The molecule has 0 fully saturated rings. The number of nitrogens with zero attached hydrogens (tertiary/aromatic N) is 3. The molecule has 0 aliphatic heterocycles. The summed E-state index contributed by atoms with van der Waals surface area (Å²) in [7, 11) is 0. The summed E-state index contributed by atoms with van der Waals surface area (Å²) in [6.45, 7) is 2.19. The Morgan fingerprint density at radius 2 is 2.20 bits per heavy atom. The third-order valence-corrected chi connectivity index (χ3v) is 3.07. The van der Waals surface area contributed by atoms with Crippen molar-refractivity contribution in [1.82, 2.24) is 15.0 Å². The van der Waals surface area contributed by atoms with E-state index in [4.69, 9.17) is 9.52 Å². The van der Waals surface area contributed by atoms with Crippen LogP contribution in [0.25, 0.3) is 11.0 Å². The van der Waals surface area contributed by atoms with E-state index in [0.29, 0.717) is 17.8 Å². The summed E-state index contributed by atoms with van der Waals surface area (Å²) < 4.78 is 6.79. The Labute approximate surface area is 114 Å². The Bertz CT molecular complexity index is 820. The number of hydrogen-bond acceptors (Lipinski definition) is 5. The lowest BCUT2D eigenvalue weighted by Crippen LogP contribution is -2.06. The monoisotopic (exact) mass is 271 g/mol. The van der Waals surface area contributed by atoms with E-state index in [9.17, 15) is 4.79 Å². The second kappa shape index (κ2) is 4.90. The Kier molecular flexibility index (Phi) is 3.08. The first-order valence-corrected chi connectivity index (χ1v) is 6.19. The quantitative estimate of drug-likeness (QED) is 0.725. The van der Waals surface area contributed by atoms with Gasteiger partial charge in [0.1, 0.15) is 11.3 Å². The van der Waals surface area contributed by atoms with Crippen molar-refractivity contribution >= 4 is 11.0 Å². The van der Waals surface area contributed by atoms with Crippen LogP contribution in [-0.2, 0) is 13.2 Å². The molecule has 0 amide bonds. The van der Waals surface area contributed by atoms with Gasteiger partial charge < -0.3 is 9.52 Å². The molecule has 20 heavy (non-hydrogen) atoms. The Balaban J connectivity index is 2.08. The summed E-state index contributed by atoms with van der Waals surface area (Å²) in [4.78, 5) is 11.6. The molecule has 0 saturated carbocycles. The molecule has 0 spiro atoms. The molecule has 6 heteroatoms. The van der Waals surface area contributed by atoms with Crippen molar-refractivity contribution in [3.05, 3.63) is 57.7 Å². The van der Waals surface area contributed by atoms with E-state index in [0.717, 1.165) is 16.5 Å². The molecular weight excluding hydrogens is 258 g/mol. The van der Waals surface area contributed by atoms with Crippen LogP contribution in [0.5, 0.6) is 0 Å². The maximum absolute atomic E-state index is 11.6. The third kappa shape index (κ3) is 2.33. The Morgan fingerprint density at radius 3 is 2.95 bits per heavy atom. The van der Waals surface area contributed by atoms with Crippen molar-refractivity contribution in [2.24, 2.45) is 0 Å². The first kappa shape index (κ1) is 12.6. The highest BCUT2D eigenvalue weighted by molar-refractivity contribution is 5.80. The lowest BCUT2D eigenvalue weighted by atomic mass is 10.1. The summed E-state index contributed by atoms with van der Waals surface area (Å²) in [5.74, 6) is 0. The summed E-state index contributed by atoms with van der Waals surface area (Å²) in [5.41, 5.74) is 2.51. The summed E-state index contributed by atoms with van der Waals surface area (Å²) >= 11 is 0. The molecule has 102 valence electrons. The minimum atomic E-state index is -0.388. The maximum Gasteiger partial charge on any atom is 0.336 e. The Morgan fingerprint density at radius 1 is 1.35 bits per heavy atom. The third-order valence-electron chi connectivity index (χ3n) is 3.07. The van der Waals surface area contributed by atoms with E-state index in [-0.39, 0.29) is 12.2 Å². The number of aromatic nitrogens is 3. The molecule has 6 nitrogen and oxygen atoms in total. The Hall–Kier alpha value is -2.47. The van der Waals surface area contributed by atoms with E-state index in [1.54, 1.807) is 10.9 Å². The van der Waals surface area contributed by atoms with Gasteiger partial charge in [0.15, 0.2) is 0 Å². The fourth-order valence-corrected chi connectivity index (χ4v) is 2.13. The number of aliphatic hydroxyl groups excluding tert-OH is 1. The molecule has 3 aromatic rings. The van der Waals surface area contributed by atoms with E-state index in [2.05, 4.69) is 10.3 Å². The highest BCUT2D eigenvalue weighted by Gasteiger charge is 2.08. The second-order valence-electron chi connectivity index (χ2n) is 4.66. The minimum Gasteiger partial charge on any atom is -0.423 e. The van der Waals surface area contributed by atoms with Gasteiger partial charge in [-0.3, -0.25) is 0 Å². The van der Waals surface area contributed by atoms with Crippen molar-refractivity contribution in [1.29, 1.82) is 0 Å². The molecule has 0 aliphatic carbocycles. The first-order valence-electron chi connectivity index (χ1n) is 6.19. The summed E-state index contributed by atoms with van der Waals surface area (Å²) in [6.07, 6.45) is 1.65. The van der Waals surface area contributed by atoms with Crippen LogP contribution < -0.4 is 5.63 Å². The van der Waals surface area contributed by atoms with Crippen molar-refractivity contribution in [2.75, 3.05) is 0 Å². The lowest BCUT2D eigenvalue weighted by molar-refractivity contribution is 0.276. The van der Waals surface area contributed by atoms with Gasteiger partial charge in [-0.2, -0.15) is 0 Å². The average Bonchev–Trinajstić information content (AvgIpc) is 2.85. The van der Waals surface area contributed by atoms with Crippen LogP contribution in [0.4, 0.5) is 0 Å². The first-order chi connectivity index (χ1) is 9.65. The molecule has 3 rings (SSSR count). The average molecular weight is 271 g/mol. The van der Waals surface area contributed by atoms with Gasteiger partial charge in [0.25, 0.3) is 0 Å². The van der Waals surface area contributed by atoms with Crippen LogP contribution in [0.3, 0.4) is 0 Å². The standard InChI is InChI=1S/C14H13N3O3/c1-9-2-3-12-10(5-14(19)20-13(12)4-9)6-17-7-11(8-18)15-16-17/h2-5,7,18H,6,8H2,1H3. The molecule has 2 heterocycles. The highest BCUT2D eigenvalue weighted by Crippen LogP contribution is 2.19. The van der Waals surface area contributed by atoms with Crippen molar-refractivity contribution in [3.63, 3.8) is 0 Å². The maximum atomic E-state index is 11.6. The molecule has 0 saturated heterocycles. The highest BCUT2D eigenvalue weighted by atomic mass is 16.4. The SMILES string of the molecule is Cc1ccc2c(Cn3cc(CO)nn3)cc(=O)oc2c1. The molecule has 2 aromatic heterocycles. The normalized spacial score (nSPS) is 11.1. The van der Waals surface area contributed by atoms with Crippen LogP contribution in [-0.4, -0.2) is 20.1 Å². The predicted molar refractivity (Wildman–Crippen MR) is 72.3 cm³/mol.